The highest BCUT2D eigenvalue weighted by Gasteiger charge is 2.06. The lowest BCUT2D eigenvalue weighted by Gasteiger charge is -1.96. The molecule has 0 unspecified atom stereocenters. The molecule has 0 aromatic heterocycles. The highest BCUT2D eigenvalue weighted by Crippen LogP contribution is 2.14. The fraction of sp³-hybridized carbons (Fsp3) is 0. The Bertz CT molecular complexity index is 541. The first-order valence-corrected chi connectivity index (χ1v) is 6.16. The largest absolute Gasteiger partial charge is 0.386 e. The van der Waals surface area contributed by atoms with Crippen LogP contribution in [-0.4, -0.2) is 12.4 Å². The lowest BCUT2D eigenvalue weighted by atomic mass is 10.2. The van der Waals surface area contributed by atoms with E-state index in [1.807, 2.05) is 6.07 Å². The van der Waals surface area contributed by atoms with Crippen LogP contribution in [0.5, 0.6) is 0 Å². The summed E-state index contributed by atoms with van der Waals surface area (Å²) >= 11 is 11.1. The highest BCUT2D eigenvalue weighted by molar-refractivity contribution is 6.34. The fourth-order valence-electron chi connectivity index (χ4n) is 1.15. The van der Waals surface area contributed by atoms with Crippen LogP contribution in [0.2, 0.25) is 10.0 Å². The van der Waals surface area contributed by atoms with Gasteiger partial charge in [-0.1, -0.05) is 47.5 Å². The molecule has 104 valence electrons. The number of benzene rings is 2. The van der Waals surface area contributed by atoms with E-state index in [0.717, 1.165) is 0 Å². The van der Waals surface area contributed by atoms with Crippen molar-refractivity contribution in [3.05, 3.63) is 70.2 Å². The van der Waals surface area contributed by atoms with Gasteiger partial charge < -0.3 is 0 Å². The molecule has 0 aliphatic rings. The molecule has 0 saturated heterocycles. The van der Waals surface area contributed by atoms with Crippen LogP contribution in [0.3, 0.4) is 0 Å². The van der Waals surface area contributed by atoms with Crippen molar-refractivity contribution in [1.82, 2.24) is 0 Å². The summed E-state index contributed by atoms with van der Waals surface area (Å²) < 4.78 is 0. The highest BCUT2D eigenvalue weighted by atomic mass is 35.5. The van der Waals surface area contributed by atoms with Gasteiger partial charge in [0.25, 0.3) is 0 Å². The molecule has 0 radical (unpaired) electrons. The van der Waals surface area contributed by atoms with Crippen molar-refractivity contribution >= 4 is 35.6 Å². The number of hydrogen-bond acceptors (Lipinski definition) is 4. The Labute approximate surface area is 125 Å². The van der Waals surface area contributed by atoms with E-state index < -0.39 is 5.97 Å². The maximum Gasteiger partial charge on any atom is 0.386 e. The molecule has 0 spiro atoms. The molecule has 0 aliphatic heterocycles. The van der Waals surface area contributed by atoms with E-state index in [0.29, 0.717) is 15.6 Å². The van der Waals surface area contributed by atoms with Gasteiger partial charge in [-0.3, -0.25) is 9.68 Å². The maximum atomic E-state index is 10.9. The molecule has 0 atom stereocenters. The van der Waals surface area contributed by atoms with Gasteiger partial charge in [-0.05, 0) is 30.3 Å². The van der Waals surface area contributed by atoms with E-state index in [1.54, 1.807) is 48.5 Å². The maximum absolute atomic E-state index is 10.9. The molecule has 6 heteroatoms. The van der Waals surface area contributed by atoms with Gasteiger partial charge in [0.1, 0.15) is 0 Å². The van der Waals surface area contributed by atoms with Crippen molar-refractivity contribution in [3.8, 4) is 0 Å². The van der Waals surface area contributed by atoms with Gasteiger partial charge in [0.05, 0.1) is 5.56 Å². The minimum atomic E-state index is -0.692. The average molecular weight is 313 g/mol. The number of carbonyl (C=O) groups excluding carboxylic acids is 2. The molecule has 20 heavy (non-hydrogen) atoms. The van der Waals surface area contributed by atoms with Gasteiger partial charge in [0, 0.05) is 10.0 Å². The molecule has 0 heterocycles. The summed E-state index contributed by atoms with van der Waals surface area (Å²) in [7, 11) is 0. The molecular weight excluding hydrogens is 303 g/mol. The van der Waals surface area contributed by atoms with Gasteiger partial charge in [-0.25, -0.2) is 9.68 Å². The molecule has 2 rings (SSSR count). The summed E-state index contributed by atoms with van der Waals surface area (Å²) in [5.74, 6) is -0.692. The first kappa shape index (κ1) is 16.0. The minimum Gasteiger partial charge on any atom is -0.251 e. The van der Waals surface area contributed by atoms with Crippen LogP contribution in [0.15, 0.2) is 54.6 Å². The molecule has 0 bridgehead atoms. The first-order chi connectivity index (χ1) is 9.63. The predicted octanol–water partition coefficient (Wildman–Crippen LogP) is 3.92. The second-order valence-electron chi connectivity index (χ2n) is 3.37. The third-order valence-corrected chi connectivity index (χ3v) is 2.43. The summed E-state index contributed by atoms with van der Waals surface area (Å²) in [6, 6.07) is 15.3. The third kappa shape index (κ3) is 6.22. The zero-order valence-electron chi connectivity index (χ0n) is 10.2. The van der Waals surface area contributed by atoms with E-state index in [2.05, 4.69) is 9.78 Å². The van der Waals surface area contributed by atoms with Crippen LogP contribution in [-0.2, 0) is 14.6 Å². The molecule has 2 aromatic rings. The third-order valence-electron chi connectivity index (χ3n) is 1.96. The van der Waals surface area contributed by atoms with Gasteiger partial charge in [0.15, 0.2) is 0 Å². The number of halogens is 2. The van der Waals surface area contributed by atoms with Crippen molar-refractivity contribution in [2.75, 3.05) is 0 Å². The molecular formula is C14H10Cl2O4. The van der Waals surface area contributed by atoms with E-state index in [9.17, 15) is 9.59 Å². The second kappa shape index (κ2) is 8.96. The smallest absolute Gasteiger partial charge is 0.251 e. The first-order valence-electron chi connectivity index (χ1n) is 5.41. The molecule has 0 fully saturated rings. The van der Waals surface area contributed by atoms with E-state index in [1.165, 1.54) is 0 Å². The van der Waals surface area contributed by atoms with Crippen molar-refractivity contribution < 1.29 is 19.4 Å². The van der Waals surface area contributed by atoms with E-state index >= 15 is 0 Å². The zero-order valence-corrected chi connectivity index (χ0v) is 11.7. The number of hydrogen-bond donors (Lipinski definition) is 0. The van der Waals surface area contributed by atoms with Crippen molar-refractivity contribution in [2.24, 2.45) is 0 Å². The summed E-state index contributed by atoms with van der Waals surface area (Å²) in [6.07, 6.45) is 0. The summed E-state index contributed by atoms with van der Waals surface area (Å²) in [5, 5.41) is 1.36. The monoisotopic (exact) mass is 312 g/mol. The normalized spacial score (nSPS) is 8.90. The van der Waals surface area contributed by atoms with Crippen LogP contribution in [0.25, 0.3) is 0 Å². The van der Waals surface area contributed by atoms with Crippen LogP contribution in [0.1, 0.15) is 10.4 Å². The Kier molecular flexibility index (Phi) is 7.17. The SMILES string of the molecule is Clc1cccc(Cl)c1.O=COOC(=O)c1ccccc1. The van der Waals surface area contributed by atoms with E-state index in [4.69, 9.17) is 23.2 Å². The van der Waals surface area contributed by atoms with Crippen molar-refractivity contribution in [1.29, 1.82) is 0 Å². The topological polar surface area (TPSA) is 52.6 Å². The van der Waals surface area contributed by atoms with E-state index in [-0.39, 0.29) is 6.47 Å². The second-order valence-corrected chi connectivity index (χ2v) is 4.24. The lowest BCUT2D eigenvalue weighted by molar-refractivity contribution is -0.218. The zero-order chi connectivity index (χ0) is 14.8. The number of carbonyl (C=O) groups is 2. The summed E-state index contributed by atoms with van der Waals surface area (Å²) in [4.78, 5) is 28.4. The molecule has 0 N–H and O–H groups in total. The van der Waals surface area contributed by atoms with Crippen molar-refractivity contribution in [2.45, 2.75) is 0 Å². The minimum absolute atomic E-state index is 0.0425. The average Bonchev–Trinajstić information content (AvgIpc) is 2.46. The Morgan fingerprint density at radius 2 is 1.55 bits per heavy atom. The predicted molar refractivity (Wildman–Crippen MR) is 75.5 cm³/mol. The van der Waals surface area contributed by atoms with Gasteiger partial charge in [0.2, 0.25) is 0 Å². The Morgan fingerprint density at radius 3 is 2.00 bits per heavy atom. The van der Waals surface area contributed by atoms with Crippen LogP contribution in [0, 0.1) is 0 Å². The quantitative estimate of drug-likeness (QED) is 0.489. The van der Waals surface area contributed by atoms with Gasteiger partial charge in [-0.15, -0.1) is 0 Å². The number of rotatable bonds is 3. The lowest BCUT2D eigenvalue weighted by Crippen LogP contribution is -2.04. The molecule has 0 saturated carbocycles. The van der Waals surface area contributed by atoms with Gasteiger partial charge in [-0.2, -0.15) is 0 Å². The molecule has 2 aromatic carbocycles. The van der Waals surface area contributed by atoms with Crippen LogP contribution in [0.4, 0.5) is 0 Å². The van der Waals surface area contributed by atoms with Gasteiger partial charge >= 0.3 is 12.4 Å². The van der Waals surface area contributed by atoms with Crippen LogP contribution >= 0.6 is 23.2 Å². The van der Waals surface area contributed by atoms with Crippen LogP contribution < -0.4 is 0 Å². The molecule has 0 aliphatic carbocycles. The summed E-state index contributed by atoms with van der Waals surface area (Å²) in [5.41, 5.74) is 0.333. The Hall–Kier alpha value is -2.04. The standard InChI is InChI=1S/C8H6O4.C6H4Cl2/c9-6-11-12-8(10)7-4-2-1-3-5-7;7-5-2-1-3-6(8)4-5/h1-6H;1-4H. The molecule has 0 amide bonds. The Morgan fingerprint density at radius 1 is 0.950 bits per heavy atom. The summed E-state index contributed by atoms with van der Waals surface area (Å²) in [6.45, 7) is 0.0425. The Balaban J connectivity index is 0.000000217. The van der Waals surface area contributed by atoms with Crippen molar-refractivity contribution in [3.63, 3.8) is 0 Å². The molecule has 4 nitrogen and oxygen atoms in total. The fourth-order valence-corrected chi connectivity index (χ4v) is 1.58.